The number of guanidine groups is 1. The van der Waals surface area contributed by atoms with Gasteiger partial charge in [0.15, 0.2) is 5.96 Å². The summed E-state index contributed by atoms with van der Waals surface area (Å²) in [5.41, 5.74) is 1.55. The molecule has 0 aliphatic carbocycles. The lowest BCUT2D eigenvalue weighted by Gasteiger charge is -2.15. The van der Waals surface area contributed by atoms with Gasteiger partial charge in [-0.2, -0.15) is 24.9 Å². The van der Waals surface area contributed by atoms with Crippen LogP contribution in [0.3, 0.4) is 0 Å². The van der Waals surface area contributed by atoms with Crippen LogP contribution in [-0.2, 0) is 22.7 Å². The fraction of sp³-hybridized carbons (Fsp3) is 0.556. The molecule has 0 spiro atoms. The van der Waals surface area contributed by atoms with Crippen LogP contribution in [0.1, 0.15) is 11.1 Å². The van der Waals surface area contributed by atoms with Crippen molar-refractivity contribution in [2.24, 2.45) is 4.99 Å². The zero-order valence-corrected chi connectivity index (χ0v) is 17.1. The molecule has 0 aliphatic rings. The van der Waals surface area contributed by atoms with Crippen molar-refractivity contribution >= 4 is 23.6 Å². The third kappa shape index (κ3) is 11.0. The number of amides is 1. The van der Waals surface area contributed by atoms with E-state index in [2.05, 4.69) is 20.4 Å². The maximum Gasteiger partial charge on any atom is 0.411 e. The maximum absolute atomic E-state index is 12.1. The molecule has 1 aromatic carbocycles. The van der Waals surface area contributed by atoms with E-state index in [0.29, 0.717) is 24.6 Å². The highest BCUT2D eigenvalue weighted by molar-refractivity contribution is 7.98. The standard InChI is InChI=1S/C18H27F3N4O2S/c1-25(2)16(26)11-24-17(22-8-9-28-3)23-10-14-4-6-15(7-5-14)12-27-13-18(19,20)21/h4-7H,8-13H2,1-3H3,(H2,22,23,24). The molecule has 28 heavy (non-hydrogen) atoms. The van der Waals surface area contributed by atoms with E-state index >= 15 is 0 Å². The van der Waals surface area contributed by atoms with E-state index in [1.165, 1.54) is 4.90 Å². The highest BCUT2D eigenvalue weighted by atomic mass is 32.2. The number of halogens is 3. The van der Waals surface area contributed by atoms with E-state index in [1.54, 1.807) is 50.1 Å². The number of nitrogens with one attached hydrogen (secondary N) is 2. The molecule has 1 rings (SSSR count). The summed E-state index contributed by atoms with van der Waals surface area (Å²) in [4.78, 5) is 17.7. The molecule has 0 aliphatic heterocycles. The molecule has 0 bridgehead atoms. The predicted molar refractivity (Wildman–Crippen MR) is 106 cm³/mol. The molecule has 2 N–H and O–H groups in total. The van der Waals surface area contributed by atoms with Crippen molar-refractivity contribution in [1.82, 2.24) is 15.5 Å². The number of thioether (sulfide) groups is 1. The van der Waals surface area contributed by atoms with Crippen LogP contribution in [0.5, 0.6) is 0 Å². The van der Waals surface area contributed by atoms with Crippen LogP contribution in [0, 0.1) is 0 Å². The second kappa shape index (κ2) is 12.5. The first kappa shape index (κ1) is 24.1. The zero-order chi connectivity index (χ0) is 21.0. The van der Waals surface area contributed by atoms with E-state index < -0.39 is 12.8 Å². The first-order chi connectivity index (χ1) is 13.2. The third-order valence-electron chi connectivity index (χ3n) is 3.48. The third-order valence-corrected chi connectivity index (χ3v) is 4.09. The van der Waals surface area contributed by atoms with Gasteiger partial charge in [0.25, 0.3) is 0 Å². The van der Waals surface area contributed by atoms with Gasteiger partial charge in [-0.15, -0.1) is 0 Å². The molecule has 0 heterocycles. The minimum absolute atomic E-state index is 0.0671. The summed E-state index contributed by atoms with van der Waals surface area (Å²) in [5, 5.41) is 6.15. The average molecular weight is 421 g/mol. The quantitative estimate of drug-likeness (QED) is 0.345. The van der Waals surface area contributed by atoms with E-state index in [4.69, 9.17) is 0 Å². The van der Waals surface area contributed by atoms with E-state index in [0.717, 1.165) is 11.3 Å². The van der Waals surface area contributed by atoms with Gasteiger partial charge in [-0.05, 0) is 17.4 Å². The molecule has 6 nitrogen and oxygen atoms in total. The molecule has 1 amide bonds. The van der Waals surface area contributed by atoms with Crippen LogP contribution in [-0.4, -0.2) is 68.7 Å². The van der Waals surface area contributed by atoms with Crippen LogP contribution in [0.15, 0.2) is 29.3 Å². The summed E-state index contributed by atoms with van der Waals surface area (Å²) in [5.74, 6) is 1.36. The number of alkyl halides is 3. The highest BCUT2D eigenvalue weighted by Crippen LogP contribution is 2.16. The Balaban J connectivity index is 2.59. The van der Waals surface area contributed by atoms with Crippen LogP contribution in [0.4, 0.5) is 13.2 Å². The second-order valence-corrected chi connectivity index (χ2v) is 7.14. The molecule has 0 saturated carbocycles. The minimum atomic E-state index is -4.32. The highest BCUT2D eigenvalue weighted by Gasteiger charge is 2.27. The Morgan fingerprint density at radius 1 is 1.18 bits per heavy atom. The van der Waals surface area contributed by atoms with Gasteiger partial charge in [0, 0.05) is 26.4 Å². The number of likely N-dealkylation sites (N-methyl/N-ethyl adjacent to an activating group) is 1. The Morgan fingerprint density at radius 2 is 1.82 bits per heavy atom. The molecule has 0 atom stereocenters. The first-order valence-electron chi connectivity index (χ1n) is 8.65. The normalized spacial score (nSPS) is 12.0. The molecule has 1 aromatic rings. The Hall–Kier alpha value is -1.94. The molecule has 158 valence electrons. The number of hydrogen-bond acceptors (Lipinski definition) is 4. The van der Waals surface area contributed by atoms with Gasteiger partial charge in [0.05, 0.1) is 19.7 Å². The van der Waals surface area contributed by atoms with Crippen LogP contribution in [0.25, 0.3) is 0 Å². The van der Waals surface area contributed by atoms with Gasteiger partial charge < -0.3 is 20.3 Å². The lowest BCUT2D eigenvalue weighted by atomic mass is 10.1. The number of carbonyl (C=O) groups excluding carboxylic acids is 1. The number of benzene rings is 1. The molecule has 0 radical (unpaired) electrons. The van der Waals surface area contributed by atoms with E-state index in [9.17, 15) is 18.0 Å². The van der Waals surface area contributed by atoms with Gasteiger partial charge in [-0.3, -0.25) is 4.79 Å². The summed E-state index contributed by atoms with van der Waals surface area (Å²) in [7, 11) is 3.37. The molecule has 10 heteroatoms. The number of rotatable bonds is 10. The molecular formula is C18H27F3N4O2S. The lowest BCUT2D eigenvalue weighted by Crippen LogP contribution is -2.43. The van der Waals surface area contributed by atoms with Crippen molar-refractivity contribution in [2.45, 2.75) is 19.3 Å². The van der Waals surface area contributed by atoms with Crippen LogP contribution >= 0.6 is 11.8 Å². The summed E-state index contributed by atoms with van der Waals surface area (Å²) >= 11 is 1.69. The lowest BCUT2D eigenvalue weighted by molar-refractivity contribution is -0.176. The fourth-order valence-electron chi connectivity index (χ4n) is 1.96. The number of nitrogens with zero attached hydrogens (tertiary/aromatic N) is 2. The van der Waals surface area contributed by atoms with E-state index in [-0.39, 0.29) is 19.1 Å². The Labute approximate surface area is 167 Å². The van der Waals surface area contributed by atoms with Crippen molar-refractivity contribution in [3.8, 4) is 0 Å². The van der Waals surface area contributed by atoms with Gasteiger partial charge in [0.2, 0.25) is 5.91 Å². The predicted octanol–water partition coefficient (Wildman–Crippen LogP) is 2.25. The fourth-order valence-corrected chi connectivity index (χ4v) is 2.27. The molecular weight excluding hydrogens is 393 g/mol. The van der Waals surface area contributed by atoms with Crippen LogP contribution < -0.4 is 10.6 Å². The first-order valence-corrected chi connectivity index (χ1v) is 10.0. The van der Waals surface area contributed by atoms with Crippen molar-refractivity contribution in [2.75, 3.05) is 45.8 Å². The smallest absolute Gasteiger partial charge is 0.367 e. The Morgan fingerprint density at radius 3 is 2.39 bits per heavy atom. The summed E-state index contributed by atoms with van der Waals surface area (Å²) in [6.07, 6.45) is -2.32. The maximum atomic E-state index is 12.1. The molecule has 0 aromatic heterocycles. The number of hydrogen-bond donors (Lipinski definition) is 2. The molecule has 0 fully saturated rings. The summed E-state index contributed by atoms with van der Waals surface area (Å²) in [6.45, 7) is -0.152. The van der Waals surface area contributed by atoms with Crippen molar-refractivity contribution < 1.29 is 22.7 Å². The number of ether oxygens (including phenoxy) is 1. The van der Waals surface area contributed by atoms with E-state index in [1.807, 2.05) is 6.26 Å². The average Bonchev–Trinajstić information content (AvgIpc) is 2.63. The SMILES string of the molecule is CSCCNC(=NCc1ccc(COCC(F)(F)F)cc1)NCC(=O)N(C)C. The van der Waals surface area contributed by atoms with Crippen molar-refractivity contribution in [3.05, 3.63) is 35.4 Å². The van der Waals surface area contributed by atoms with Gasteiger partial charge in [-0.25, -0.2) is 4.99 Å². The monoisotopic (exact) mass is 420 g/mol. The summed E-state index contributed by atoms with van der Waals surface area (Å²) in [6, 6.07) is 7.01. The van der Waals surface area contributed by atoms with Gasteiger partial charge >= 0.3 is 6.18 Å². The summed E-state index contributed by atoms with van der Waals surface area (Å²) < 4.78 is 40.9. The van der Waals surface area contributed by atoms with Crippen LogP contribution in [0.2, 0.25) is 0 Å². The Kier molecular flexibility index (Phi) is 10.8. The van der Waals surface area contributed by atoms with Crippen molar-refractivity contribution in [1.29, 1.82) is 0 Å². The van der Waals surface area contributed by atoms with Crippen molar-refractivity contribution in [3.63, 3.8) is 0 Å². The largest absolute Gasteiger partial charge is 0.411 e. The van der Waals surface area contributed by atoms with Gasteiger partial charge in [-0.1, -0.05) is 24.3 Å². The minimum Gasteiger partial charge on any atom is -0.367 e. The molecule has 0 unspecified atom stereocenters. The number of aliphatic imine (C=N–C) groups is 1. The zero-order valence-electron chi connectivity index (χ0n) is 16.3. The topological polar surface area (TPSA) is 66.0 Å². The Bertz CT molecular complexity index is 622. The van der Waals surface area contributed by atoms with Gasteiger partial charge in [0.1, 0.15) is 6.61 Å². The molecule has 0 saturated heterocycles. The second-order valence-electron chi connectivity index (χ2n) is 6.15. The number of carbonyl (C=O) groups is 1.